The summed E-state index contributed by atoms with van der Waals surface area (Å²) in [6.07, 6.45) is 4.73. The predicted octanol–water partition coefficient (Wildman–Crippen LogP) is 34.1. The predicted molar refractivity (Wildman–Crippen MR) is 593 cm³/mol. The first-order valence-electron chi connectivity index (χ1n) is 50.5. The van der Waals surface area contributed by atoms with E-state index in [9.17, 15) is 0 Å². The molecule has 0 N–H and O–H groups in total. The molecular weight excluding hydrogens is 1790 g/mol. The molecule has 0 amide bonds. The molecule has 0 bridgehead atoms. The molecule has 4 aliphatic rings. The maximum Gasteiger partial charge on any atom is 0.182 e. The Labute approximate surface area is 844 Å². The molecule has 0 saturated carbocycles. The van der Waals surface area contributed by atoms with Crippen molar-refractivity contribution in [3.8, 4) is 158 Å². The summed E-state index contributed by atoms with van der Waals surface area (Å²) in [6.45, 7) is 18.4. The monoisotopic (exact) mass is 1880 g/mol. The number of fused-ring (bicyclic) bond motifs is 27. The van der Waals surface area contributed by atoms with E-state index in [0.717, 1.165) is 151 Å². The van der Waals surface area contributed by atoms with Crippen LogP contribution >= 0.6 is 0 Å². The van der Waals surface area contributed by atoms with Gasteiger partial charge < -0.3 is 13.3 Å². The summed E-state index contributed by atoms with van der Waals surface area (Å²) in [4.78, 5) is 50.3. The zero-order valence-corrected chi connectivity index (χ0v) is 81.9. The molecule has 29 rings (SSSR count). The van der Waals surface area contributed by atoms with E-state index in [2.05, 4.69) is 352 Å². The van der Waals surface area contributed by atoms with Gasteiger partial charge in [-0.15, -0.1) is 0 Å². The molecule has 4 aliphatic carbocycles. The van der Waals surface area contributed by atoms with Crippen molar-refractivity contribution in [3.05, 3.63) is 445 Å². The highest BCUT2D eigenvalue weighted by atomic mass is 16.3. The number of furan rings is 3. The lowest BCUT2D eigenvalue weighted by molar-refractivity contribution is 0.486. The van der Waals surface area contributed by atoms with Crippen molar-refractivity contribution < 1.29 is 13.3 Å². The second kappa shape index (κ2) is 33.9. The Morgan fingerprint density at radius 1 is 0.212 bits per heavy atom. The van der Waals surface area contributed by atoms with Crippen molar-refractivity contribution in [1.82, 2.24) is 49.8 Å². The third-order valence-electron chi connectivity index (χ3n) is 31.7. The number of aromatic nitrogens is 10. The average Bonchev–Trinajstić information content (AvgIpc) is 1.54. The van der Waals surface area contributed by atoms with Gasteiger partial charge in [-0.2, -0.15) is 0 Å². The zero-order valence-electron chi connectivity index (χ0n) is 81.9. The van der Waals surface area contributed by atoms with Gasteiger partial charge in [0.25, 0.3) is 0 Å². The Bertz CT molecular complexity index is 9600. The van der Waals surface area contributed by atoms with Crippen LogP contribution in [0.2, 0.25) is 0 Å². The third kappa shape index (κ3) is 13.6. The Hall–Kier alpha value is -17.9. The van der Waals surface area contributed by atoms with Gasteiger partial charge in [0.1, 0.15) is 39.2 Å². The molecule has 1 atom stereocenters. The van der Waals surface area contributed by atoms with Crippen LogP contribution in [0.15, 0.2) is 414 Å². The summed E-state index contributed by atoms with van der Waals surface area (Å²) in [7, 11) is 0. The number of rotatable bonds is 13. The molecule has 0 spiro atoms. The summed E-state index contributed by atoms with van der Waals surface area (Å²) in [6, 6.07) is 138. The van der Waals surface area contributed by atoms with Crippen molar-refractivity contribution in [1.29, 1.82) is 0 Å². The average molecular weight is 1880 g/mol. The van der Waals surface area contributed by atoms with E-state index in [-0.39, 0.29) is 21.7 Å². The van der Waals surface area contributed by atoms with Crippen LogP contribution < -0.4 is 0 Å². The fourth-order valence-electron chi connectivity index (χ4n) is 24.3. The van der Waals surface area contributed by atoms with Crippen LogP contribution in [0, 0.1) is 0 Å². The summed E-state index contributed by atoms with van der Waals surface area (Å²) < 4.78 is 20.4. The molecule has 7 heterocycles. The molecule has 7 aromatic heterocycles. The Balaban J connectivity index is 0.000000109. The number of nitrogens with zero attached hydrogens (tertiary/aromatic N) is 10. The molecule has 1 unspecified atom stereocenters. The third-order valence-corrected chi connectivity index (χ3v) is 31.7. The Morgan fingerprint density at radius 3 is 1.12 bits per heavy atom. The van der Waals surface area contributed by atoms with Gasteiger partial charge in [-0.05, 0) is 185 Å². The normalized spacial score (nSPS) is 14.4. The molecule has 13 heteroatoms. The molecule has 696 valence electrons. The quantitative estimate of drug-likeness (QED) is 0.100. The van der Waals surface area contributed by atoms with Crippen molar-refractivity contribution in [2.75, 3.05) is 0 Å². The largest absolute Gasteiger partial charge is 0.456 e. The molecule has 13 nitrogen and oxygen atoms in total. The summed E-state index contributed by atoms with van der Waals surface area (Å²) in [5.41, 5.74) is 36.1. The summed E-state index contributed by atoms with van der Waals surface area (Å²) >= 11 is 0. The standard InChI is InChI=1S/C46H33N3O.C45H34N4O.C42H29N3O/c1-3-46(4-2)38-23-13-12-21-33(38)34-25-26-35-40-36(22-14-24-39(40)50-42(35)41(34)46)44-47-43(28-15-6-5-7-16-28)48-45(49-44)37-27-29-17-8-9-18-30(29)31-19-10-11-20-32(31)37;1-5-45(4)34-17-9-7-14-28(34)30-22-23-31-38-32(15-12-19-37(38)50-40(31)39(30)45)42-47-41(48-43(49-42)36-18-10-11-24-46-36)26-20-21-29-27-13-6-8-16-33(27)44(2,3)35(29)25-26;1-42(2)34-18-10-9-16-31(34)32-24-25-33-36-30(17-11-19-35(36)46-38(33)37(32)42)26-20-22-29(23-21-26)41-44-39(27-12-5-3-6-13-27)43-40(45-41)28-14-7-4-8-15-28/h5-27H,3-4H2,1-2H3;6-25H,5H2,1-4H3;3-25H,1-2H3. The van der Waals surface area contributed by atoms with E-state index in [1.165, 1.54) is 99.8 Å². The Kier molecular flexibility index (Phi) is 20.2. The first-order valence-corrected chi connectivity index (χ1v) is 50.5. The van der Waals surface area contributed by atoms with Gasteiger partial charge in [0.15, 0.2) is 52.4 Å². The van der Waals surface area contributed by atoms with Crippen LogP contribution in [0.5, 0.6) is 0 Å². The van der Waals surface area contributed by atoms with Crippen molar-refractivity contribution in [3.63, 3.8) is 0 Å². The molecule has 0 aliphatic heterocycles. The van der Waals surface area contributed by atoms with E-state index in [1.54, 1.807) is 6.20 Å². The fraction of sp³-hybridized carbons (Fsp3) is 0.113. The molecule has 0 radical (unpaired) electrons. The molecule has 0 fully saturated rings. The Morgan fingerprint density at radius 2 is 0.575 bits per heavy atom. The number of benzene rings is 18. The topological polar surface area (TPSA) is 168 Å². The maximum atomic E-state index is 6.91. The van der Waals surface area contributed by atoms with Crippen LogP contribution in [-0.2, 0) is 21.7 Å². The van der Waals surface area contributed by atoms with Gasteiger partial charge in [0.05, 0.1) is 0 Å². The lowest BCUT2D eigenvalue weighted by Crippen LogP contribution is -2.23. The van der Waals surface area contributed by atoms with Gasteiger partial charge in [-0.1, -0.05) is 389 Å². The minimum Gasteiger partial charge on any atom is -0.456 e. The van der Waals surface area contributed by atoms with Gasteiger partial charge in [-0.3, -0.25) is 4.98 Å². The molecular formula is C133H96N10O3. The van der Waals surface area contributed by atoms with Crippen LogP contribution in [0.25, 0.3) is 246 Å². The smallest absolute Gasteiger partial charge is 0.182 e. The number of pyridine rings is 1. The number of hydrogen-bond acceptors (Lipinski definition) is 13. The van der Waals surface area contributed by atoms with Gasteiger partial charge in [0, 0.05) is 121 Å². The van der Waals surface area contributed by atoms with Crippen LogP contribution in [0.3, 0.4) is 0 Å². The van der Waals surface area contributed by atoms with Crippen molar-refractivity contribution in [2.24, 2.45) is 0 Å². The van der Waals surface area contributed by atoms with E-state index in [1.807, 2.05) is 103 Å². The van der Waals surface area contributed by atoms with Crippen LogP contribution in [0.4, 0.5) is 0 Å². The highest BCUT2D eigenvalue weighted by molar-refractivity contribution is 6.19. The van der Waals surface area contributed by atoms with E-state index >= 15 is 0 Å². The number of hydrogen-bond donors (Lipinski definition) is 0. The SMILES string of the molecule is CC1(C)c2ccccc2-c2ccc3c(oc4cccc(-c5ccc(-c6nc(-c7ccccc7)nc(-c7ccccc7)n6)cc5)c43)c21.CCC1(C)c2ccccc2-c2ccc3c(oc4cccc(-c5nc(-c6ccc7c(c6)C(C)(C)c6ccccc6-7)nc(-c6ccccn6)n5)c43)c21.CCC1(CC)c2ccccc2-c2ccc3c(oc4cccc(-c5nc(-c6ccccc6)nc(-c6cc7ccccc7c7ccccc67)n5)c43)c21. The second-order valence-corrected chi connectivity index (χ2v) is 40.1. The first-order chi connectivity index (χ1) is 71.6. The van der Waals surface area contributed by atoms with E-state index in [4.69, 9.17) is 58.1 Å². The highest BCUT2D eigenvalue weighted by Crippen LogP contribution is 2.60. The summed E-state index contributed by atoms with van der Waals surface area (Å²) in [5, 5.41) is 11.1. The zero-order chi connectivity index (χ0) is 98.0. The van der Waals surface area contributed by atoms with Crippen molar-refractivity contribution in [2.45, 2.75) is 96.3 Å². The molecule has 146 heavy (non-hydrogen) atoms. The van der Waals surface area contributed by atoms with E-state index < -0.39 is 0 Å². The minimum absolute atomic E-state index is 0.114. The minimum atomic E-state index is -0.160. The first kappa shape index (κ1) is 87.1. The molecule has 18 aromatic carbocycles. The molecule has 0 saturated heterocycles. The lowest BCUT2D eigenvalue weighted by Gasteiger charge is -2.29. The van der Waals surface area contributed by atoms with E-state index in [0.29, 0.717) is 58.1 Å². The van der Waals surface area contributed by atoms with Gasteiger partial charge in [-0.25, -0.2) is 44.9 Å². The maximum absolute atomic E-state index is 6.91. The lowest BCUT2D eigenvalue weighted by atomic mass is 9.73. The summed E-state index contributed by atoms with van der Waals surface area (Å²) in [5.74, 6) is 5.60. The second-order valence-electron chi connectivity index (χ2n) is 40.1. The highest BCUT2D eigenvalue weighted by Gasteiger charge is 2.46. The van der Waals surface area contributed by atoms with Crippen molar-refractivity contribution >= 4 is 87.4 Å². The fourth-order valence-corrected chi connectivity index (χ4v) is 24.3. The van der Waals surface area contributed by atoms with Crippen LogP contribution in [0.1, 0.15) is 119 Å². The van der Waals surface area contributed by atoms with Gasteiger partial charge >= 0.3 is 0 Å². The molecule has 25 aromatic rings. The van der Waals surface area contributed by atoms with Crippen LogP contribution in [-0.4, -0.2) is 49.8 Å². The van der Waals surface area contributed by atoms with Gasteiger partial charge in [0.2, 0.25) is 0 Å².